The average Bonchev–Trinajstić information content (AvgIpc) is 3.08. The third-order valence-corrected chi connectivity index (χ3v) is 6.59. The summed E-state index contributed by atoms with van der Waals surface area (Å²) in [7, 11) is 1.98. The minimum absolute atomic E-state index is 0.386. The largest absolute Gasteiger partial charge is 0.471 e. The van der Waals surface area contributed by atoms with E-state index >= 15 is 0 Å². The molecule has 0 N–H and O–H groups in total. The van der Waals surface area contributed by atoms with Crippen LogP contribution in [0, 0.1) is 6.92 Å². The zero-order valence-electron chi connectivity index (χ0n) is 15.8. The van der Waals surface area contributed by atoms with Gasteiger partial charge >= 0.3 is 0 Å². The van der Waals surface area contributed by atoms with Gasteiger partial charge in [-0.15, -0.1) is 0 Å². The van der Waals surface area contributed by atoms with Crippen molar-refractivity contribution in [1.82, 2.24) is 14.3 Å². The molecule has 0 spiro atoms. The number of pyridine rings is 1. The number of aliphatic imine (C=N–C) groups is 1. The molecule has 0 aliphatic carbocycles. The minimum atomic E-state index is 0.386. The summed E-state index contributed by atoms with van der Waals surface area (Å²) < 4.78 is 12.2. The Labute approximate surface area is 185 Å². The molecule has 146 valence electrons. The number of benzene rings is 1. The van der Waals surface area contributed by atoms with Gasteiger partial charge < -0.3 is 9.64 Å². The quantitative estimate of drug-likeness (QED) is 0.272. The highest BCUT2D eigenvalue weighted by Crippen LogP contribution is 2.35. The van der Waals surface area contributed by atoms with E-state index in [4.69, 9.17) is 4.74 Å². The maximum atomic E-state index is 5.96. The average molecular weight is 524 g/mol. The minimum Gasteiger partial charge on any atom is -0.471 e. The maximum absolute atomic E-state index is 5.96. The molecule has 3 aromatic rings. The van der Waals surface area contributed by atoms with Crippen LogP contribution in [0.4, 0.5) is 5.69 Å². The highest BCUT2D eigenvalue weighted by molar-refractivity contribution is 9.11. The summed E-state index contributed by atoms with van der Waals surface area (Å²) in [5.41, 5.74) is 3.63. The van der Waals surface area contributed by atoms with E-state index in [1.165, 1.54) is 11.5 Å². The number of nitrogens with zero attached hydrogens (tertiary/aromatic N) is 4. The van der Waals surface area contributed by atoms with Gasteiger partial charge in [-0.1, -0.05) is 30.3 Å². The lowest BCUT2D eigenvalue weighted by molar-refractivity contribution is 0.294. The van der Waals surface area contributed by atoms with E-state index in [0.717, 1.165) is 43.0 Å². The topological polar surface area (TPSA) is 50.6 Å². The van der Waals surface area contributed by atoms with E-state index in [1.54, 1.807) is 6.34 Å². The highest BCUT2D eigenvalue weighted by Gasteiger charge is 2.15. The predicted octanol–water partition coefficient (Wildman–Crippen LogP) is 6.23. The molecule has 1 aromatic carbocycles. The monoisotopic (exact) mass is 522 g/mol. The van der Waals surface area contributed by atoms with E-state index in [1.807, 2.05) is 55.3 Å². The van der Waals surface area contributed by atoms with Crippen molar-refractivity contribution >= 4 is 55.4 Å². The van der Waals surface area contributed by atoms with Crippen LogP contribution in [0.1, 0.15) is 17.5 Å². The van der Waals surface area contributed by atoms with Crippen LogP contribution in [0.2, 0.25) is 0 Å². The molecule has 8 heteroatoms. The maximum Gasteiger partial charge on any atom is 0.228 e. The fourth-order valence-corrected chi connectivity index (χ4v) is 4.21. The third-order valence-electron chi connectivity index (χ3n) is 4.09. The van der Waals surface area contributed by atoms with Gasteiger partial charge in [0.2, 0.25) is 5.88 Å². The van der Waals surface area contributed by atoms with Gasteiger partial charge in [-0.05, 0) is 63.3 Å². The summed E-state index contributed by atoms with van der Waals surface area (Å²) in [4.78, 5) is 12.1. The first-order valence-electron chi connectivity index (χ1n) is 8.73. The molecule has 2 aromatic heterocycles. The van der Waals surface area contributed by atoms with Crippen molar-refractivity contribution in [3.8, 4) is 17.1 Å². The molecule has 0 saturated carbocycles. The van der Waals surface area contributed by atoms with Gasteiger partial charge in [-0.3, -0.25) is 0 Å². The van der Waals surface area contributed by atoms with E-state index in [9.17, 15) is 0 Å². The Hall–Kier alpha value is -1.77. The van der Waals surface area contributed by atoms with E-state index in [0.29, 0.717) is 12.5 Å². The highest BCUT2D eigenvalue weighted by atomic mass is 79.9. The molecule has 0 amide bonds. The number of ether oxygens (including phenoxy) is 1. The Morgan fingerprint density at radius 2 is 2.00 bits per heavy atom. The lowest BCUT2D eigenvalue weighted by atomic mass is 10.1. The van der Waals surface area contributed by atoms with Crippen LogP contribution in [0.25, 0.3) is 11.3 Å². The molecule has 0 aliphatic rings. The lowest BCUT2D eigenvalue weighted by Crippen LogP contribution is -2.14. The van der Waals surface area contributed by atoms with E-state index < -0.39 is 0 Å². The number of hydrogen-bond donors (Lipinski definition) is 0. The second-order valence-corrected chi connectivity index (χ2v) is 8.63. The molecule has 3 rings (SSSR count). The summed E-state index contributed by atoms with van der Waals surface area (Å²) in [6, 6.07) is 12.0. The van der Waals surface area contributed by atoms with Gasteiger partial charge in [-0.25, -0.2) is 9.98 Å². The van der Waals surface area contributed by atoms with Crippen molar-refractivity contribution in [1.29, 1.82) is 0 Å². The molecule has 0 saturated heterocycles. The Bertz CT molecular complexity index is 976. The number of rotatable bonds is 7. The third kappa shape index (κ3) is 4.98. The van der Waals surface area contributed by atoms with Crippen LogP contribution >= 0.6 is 43.4 Å². The van der Waals surface area contributed by atoms with Crippen LogP contribution in [0.5, 0.6) is 5.88 Å². The SMILES string of the molecule is CCN(C)/C=N/c1cc(Br)c(OCc2snc(-c3ccccc3)c2Br)nc1C. The fourth-order valence-electron chi connectivity index (χ4n) is 2.34. The zero-order valence-corrected chi connectivity index (χ0v) is 19.8. The normalized spacial score (nSPS) is 11.2. The smallest absolute Gasteiger partial charge is 0.228 e. The Balaban J connectivity index is 1.74. The summed E-state index contributed by atoms with van der Waals surface area (Å²) in [5.74, 6) is 0.543. The molecule has 0 bridgehead atoms. The second-order valence-electron chi connectivity index (χ2n) is 6.12. The van der Waals surface area contributed by atoms with Gasteiger partial charge in [0, 0.05) is 19.2 Å². The van der Waals surface area contributed by atoms with Gasteiger partial charge in [0.05, 0.1) is 37.2 Å². The number of halogens is 2. The first kappa shape index (κ1) is 21.0. The molecule has 0 fully saturated rings. The van der Waals surface area contributed by atoms with Crippen molar-refractivity contribution in [2.45, 2.75) is 20.5 Å². The number of aryl methyl sites for hydroxylation is 1. The Kier molecular flexibility index (Phi) is 7.20. The molecule has 0 radical (unpaired) electrons. The van der Waals surface area contributed by atoms with Crippen LogP contribution in [0.15, 0.2) is 50.3 Å². The van der Waals surface area contributed by atoms with E-state index in [2.05, 4.69) is 53.1 Å². The summed E-state index contributed by atoms with van der Waals surface area (Å²) in [5, 5.41) is 0. The Morgan fingerprint density at radius 3 is 2.71 bits per heavy atom. The summed E-state index contributed by atoms with van der Waals surface area (Å²) in [6.45, 7) is 5.28. The predicted molar refractivity (Wildman–Crippen MR) is 123 cm³/mol. The molecule has 0 unspecified atom stereocenters. The molecule has 28 heavy (non-hydrogen) atoms. The van der Waals surface area contributed by atoms with Crippen molar-refractivity contribution in [3.63, 3.8) is 0 Å². The standard InChI is InChI=1S/C20H20Br2N4OS/c1-4-26(3)12-23-16-10-15(21)20(24-13(16)2)27-11-17-18(22)19(25-28-17)14-8-6-5-7-9-14/h5-10,12H,4,11H2,1-3H3/b23-12+. The summed E-state index contributed by atoms with van der Waals surface area (Å²) >= 11 is 8.62. The van der Waals surface area contributed by atoms with Crippen molar-refractivity contribution in [2.75, 3.05) is 13.6 Å². The van der Waals surface area contributed by atoms with Crippen LogP contribution in [0.3, 0.4) is 0 Å². The molecular formula is C20H20Br2N4OS. The molecule has 2 heterocycles. The molecule has 0 atom stereocenters. The van der Waals surface area contributed by atoms with Gasteiger partial charge in [0.15, 0.2) is 0 Å². The molecule has 0 aliphatic heterocycles. The fraction of sp³-hybridized carbons (Fsp3) is 0.250. The summed E-state index contributed by atoms with van der Waals surface area (Å²) in [6.07, 6.45) is 1.80. The van der Waals surface area contributed by atoms with Crippen molar-refractivity contribution in [2.24, 2.45) is 4.99 Å². The van der Waals surface area contributed by atoms with Crippen LogP contribution < -0.4 is 4.74 Å². The van der Waals surface area contributed by atoms with Gasteiger partial charge in [0.1, 0.15) is 6.61 Å². The van der Waals surface area contributed by atoms with Crippen molar-refractivity contribution in [3.05, 3.63) is 55.9 Å². The second kappa shape index (κ2) is 9.62. The van der Waals surface area contributed by atoms with Crippen molar-refractivity contribution < 1.29 is 4.74 Å². The molecular weight excluding hydrogens is 504 g/mol. The number of hydrogen-bond acceptors (Lipinski definition) is 5. The van der Waals surface area contributed by atoms with Gasteiger partial charge in [-0.2, -0.15) is 4.37 Å². The zero-order chi connectivity index (χ0) is 20.1. The molecule has 5 nitrogen and oxygen atoms in total. The van der Waals surface area contributed by atoms with E-state index in [-0.39, 0.29) is 0 Å². The lowest BCUT2D eigenvalue weighted by Gasteiger charge is -2.11. The number of aromatic nitrogens is 2. The van der Waals surface area contributed by atoms with Crippen LogP contribution in [-0.4, -0.2) is 34.2 Å². The van der Waals surface area contributed by atoms with Gasteiger partial charge in [0.25, 0.3) is 0 Å². The first-order valence-corrected chi connectivity index (χ1v) is 11.1. The van der Waals surface area contributed by atoms with Crippen LogP contribution in [-0.2, 0) is 6.61 Å². The Morgan fingerprint density at radius 1 is 1.25 bits per heavy atom. The first-order chi connectivity index (χ1) is 13.5.